The number of aromatic nitrogens is 6. The number of nitrogens with zero attached hydrogens (tertiary/aromatic N) is 7. The van der Waals surface area contributed by atoms with Crippen LogP contribution in [-0.4, -0.2) is 64.8 Å². The van der Waals surface area contributed by atoms with Gasteiger partial charge in [-0.15, -0.1) is 10.2 Å². The fourth-order valence-electron chi connectivity index (χ4n) is 3.09. The first-order valence-corrected chi connectivity index (χ1v) is 8.25. The second-order valence-corrected chi connectivity index (χ2v) is 6.19. The van der Waals surface area contributed by atoms with E-state index >= 15 is 0 Å². The van der Waals surface area contributed by atoms with Crippen molar-refractivity contribution in [2.45, 2.75) is 12.5 Å². The summed E-state index contributed by atoms with van der Waals surface area (Å²) in [6.07, 6.45) is 7.94. The van der Waals surface area contributed by atoms with E-state index in [2.05, 4.69) is 25.1 Å². The highest BCUT2D eigenvalue weighted by atomic mass is 16.3. The van der Waals surface area contributed by atoms with Crippen LogP contribution in [0.15, 0.2) is 49.4 Å². The fourth-order valence-corrected chi connectivity index (χ4v) is 3.09. The van der Waals surface area contributed by atoms with Crippen LogP contribution in [0.4, 0.5) is 0 Å². The number of aliphatic hydroxyl groups is 1. The van der Waals surface area contributed by atoms with Crippen LogP contribution in [0.5, 0.6) is 0 Å². The van der Waals surface area contributed by atoms with Crippen LogP contribution in [0.1, 0.15) is 16.2 Å². The molecule has 26 heavy (non-hydrogen) atoms. The van der Waals surface area contributed by atoms with Gasteiger partial charge in [-0.2, -0.15) is 0 Å². The topological polar surface area (TPSA) is 110 Å². The van der Waals surface area contributed by atoms with Crippen LogP contribution >= 0.6 is 0 Å². The van der Waals surface area contributed by atoms with E-state index in [-0.39, 0.29) is 18.4 Å². The predicted octanol–water partition coefficient (Wildman–Crippen LogP) is 0.128. The zero-order valence-corrected chi connectivity index (χ0v) is 13.9. The summed E-state index contributed by atoms with van der Waals surface area (Å²) in [5, 5.41) is 17.8. The summed E-state index contributed by atoms with van der Waals surface area (Å²) in [5.41, 5.74) is 1.13. The molecule has 132 valence electrons. The van der Waals surface area contributed by atoms with Gasteiger partial charge >= 0.3 is 0 Å². The van der Waals surface area contributed by atoms with Crippen molar-refractivity contribution in [1.29, 1.82) is 0 Å². The Morgan fingerprint density at radius 1 is 1.19 bits per heavy atom. The van der Waals surface area contributed by atoms with E-state index in [1.54, 1.807) is 46.3 Å². The van der Waals surface area contributed by atoms with Gasteiger partial charge in [0.15, 0.2) is 0 Å². The summed E-state index contributed by atoms with van der Waals surface area (Å²) in [7, 11) is 0. The Bertz CT molecular complexity index is 885. The highest BCUT2D eigenvalue weighted by molar-refractivity contribution is 5.92. The Morgan fingerprint density at radius 2 is 2.04 bits per heavy atom. The molecular formula is C17H17N7O2. The van der Waals surface area contributed by atoms with Crippen molar-refractivity contribution in [2.24, 2.45) is 5.92 Å². The van der Waals surface area contributed by atoms with Crippen molar-refractivity contribution >= 4 is 5.91 Å². The van der Waals surface area contributed by atoms with Gasteiger partial charge in [-0.3, -0.25) is 19.3 Å². The number of hydrogen-bond donors (Lipinski definition) is 1. The van der Waals surface area contributed by atoms with Crippen molar-refractivity contribution in [2.75, 3.05) is 13.1 Å². The molecule has 0 aromatic carbocycles. The molecule has 0 unspecified atom stereocenters. The van der Waals surface area contributed by atoms with Gasteiger partial charge in [-0.25, -0.2) is 4.98 Å². The van der Waals surface area contributed by atoms with E-state index in [1.807, 2.05) is 0 Å². The number of carbonyl (C=O) groups is 1. The van der Waals surface area contributed by atoms with Crippen LogP contribution in [0.25, 0.3) is 5.82 Å². The molecule has 0 bridgehead atoms. The number of pyridine rings is 1. The number of carbonyl (C=O) groups excluding carboxylic acids is 1. The third-order valence-corrected chi connectivity index (χ3v) is 4.42. The largest absolute Gasteiger partial charge is 0.391 e. The quantitative estimate of drug-likeness (QED) is 0.711. The number of β-amino-alcohol motifs (C(OH)–C–C–N with tert-alkyl or cyclic N) is 1. The standard InChI is InChI=1S/C17H17N7O2/c25-15-9-23(8-12(15)6-13-7-18-4-5-19-13)17(26)14-2-1-3-16(22-14)24-10-20-21-11-24/h1-5,7,10-12,15,25H,6,8-9H2/t12-,15-/m1/s1. The second kappa shape index (κ2) is 6.96. The zero-order valence-electron chi connectivity index (χ0n) is 13.9. The smallest absolute Gasteiger partial charge is 0.272 e. The molecule has 4 rings (SSSR count). The number of aliphatic hydroxyl groups excluding tert-OH is 1. The number of amides is 1. The van der Waals surface area contributed by atoms with Gasteiger partial charge in [-0.1, -0.05) is 6.07 Å². The van der Waals surface area contributed by atoms with E-state index in [9.17, 15) is 9.90 Å². The third kappa shape index (κ3) is 3.29. The Kier molecular flexibility index (Phi) is 4.36. The molecule has 2 atom stereocenters. The minimum Gasteiger partial charge on any atom is -0.391 e. The van der Waals surface area contributed by atoms with E-state index in [0.717, 1.165) is 5.69 Å². The third-order valence-electron chi connectivity index (χ3n) is 4.42. The van der Waals surface area contributed by atoms with Gasteiger partial charge in [0.25, 0.3) is 5.91 Å². The SMILES string of the molecule is O=C(c1cccc(-n2cnnc2)n1)N1C[C@@H](Cc2cnccn2)[C@H](O)C1. The molecule has 9 nitrogen and oxygen atoms in total. The van der Waals surface area contributed by atoms with Gasteiger partial charge in [0.05, 0.1) is 11.8 Å². The van der Waals surface area contributed by atoms with Crippen LogP contribution in [-0.2, 0) is 6.42 Å². The summed E-state index contributed by atoms with van der Waals surface area (Å²) in [6.45, 7) is 0.734. The molecule has 4 heterocycles. The summed E-state index contributed by atoms with van der Waals surface area (Å²) >= 11 is 0. The van der Waals surface area contributed by atoms with Gasteiger partial charge in [0.2, 0.25) is 0 Å². The van der Waals surface area contributed by atoms with E-state index in [0.29, 0.717) is 24.5 Å². The molecule has 1 N–H and O–H groups in total. The molecule has 1 fully saturated rings. The van der Waals surface area contributed by atoms with E-state index in [1.165, 1.54) is 12.7 Å². The molecule has 0 radical (unpaired) electrons. The zero-order chi connectivity index (χ0) is 17.9. The molecule has 3 aromatic heterocycles. The van der Waals surface area contributed by atoms with Crippen molar-refractivity contribution in [3.05, 3.63) is 60.8 Å². The van der Waals surface area contributed by atoms with Gasteiger partial charge in [0, 0.05) is 37.6 Å². The Hall–Kier alpha value is -3.20. The molecule has 0 saturated carbocycles. The molecule has 1 saturated heterocycles. The monoisotopic (exact) mass is 351 g/mol. The molecule has 3 aromatic rings. The lowest BCUT2D eigenvalue weighted by molar-refractivity contribution is 0.0759. The first kappa shape index (κ1) is 16.3. The average Bonchev–Trinajstić information content (AvgIpc) is 3.33. The molecule has 0 aliphatic carbocycles. The normalized spacial score (nSPS) is 19.7. The fraction of sp³-hybridized carbons (Fsp3) is 0.294. The molecule has 9 heteroatoms. The lowest BCUT2D eigenvalue weighted by Gasteiger charge is -2.16. The lowest BCUT2D eigenvalue weighted by Crippen LogP contribution is -2.30. The highest BCUT2D eigenvalue weighted by Gasteiger charge is 2.35. The molecular weight excluding hydrogens is 334 g/mol. The van der Waals surface area contributed by atoms with Gasteiger partial charge in [0.1, 0.15) is 24.2 Å². The Labute approximate surface area is 149 Å². The number of likely N-dealkylation sites (tertiary alicyclic amines) is 1. The van der Waals surface area contributed by atoms with Crippen LogP contribution in [0, 0.1) is 5.92 Å². The summed E-state index contributed by atoms with van der Waals surface area (Å²) < 4.78 is 1.63. The Balaban J connectivity index is 1.48. The summed E-state index contributed by atoms with van der Waals surface area (Å²) in [5.74, 6) is 0.286. The maximum Gasteiger partial charge on any atom is 0.272 e. The van der Waals surface area contributed by atoms with Crippen molar-refractivity contribution in [3.63, 3.8) is 0 Å². The van der Waals surface area contributed by atoms with Gasteiger partial charge in [-0.05, 0) is 18.6 Å². The minimum absolute atomic E-state index is 0.0725. The maximum atomic E-state index is 12.8. The van der Waals surface area contributed by atoms with E-state index in [4.69, 9.17) is 0 Å². The van der Waals surface area contributed by atoms with Crippen molar-refractivity contribution in [3.8, 4) is 5.82 Å². The van der Waals surface area contributed by atoms with Gasteiger partial charge < -0.3 is 10.0 Å². The first-order chi connectivity index (χ1) is 12.7. The number of hydrogen-bond acceptors (Lipinski definition) is 7. The van der Waals surface area contributed by atoms with E-state index < -0.39 is 6.10 Å². The minimum atomic E-state index is -0.595. The lowest BCUT2D eigenvalue weighted by atomic mass is 10.0. The summed E-state index contributed by atoms with van der Waals surface area (Å²) in [6, 6.07) is 5.20. The summed E-state index contributed by atoms with van der Waals surface area (Å²) in [4.78, 5) is 27.1. The molecule has 1 amide bonds. The number of rotatable bonds is 4. The molecule has 1 aliphatic rings. The van der Waals surface area contributed by atoms with Crippen LogP contribution in [0.2, 0.25) is 0 Å². The molecule has 0 spiro atoms. The van der Waals surface area contributed by atoms with Crippen LogP contribution < -0.4 is 0 Å². The first-order valence-electron chi connectivity index (χ1n) is 8.25. The highest BCUT2D eigenvalue weighted by Crippen LogP contribution is 2.22. The second-order valence-electron chi connectivity index (χ2n) is 6.19. The Morgan fingerprint density at radius 3 is 2.81 bits per heavy atom. The molecule has 1 aliphatic heterocycles. The van der Waals surface area contributed by atoms with Crippen molar-refractivity contribution < 1.29 is 9.90 Å². The maximum absolute atomic E-state index is 12.8. The predicted molar refractivity (Wildman–Crippen MR) is 90.3 cm³/mol. The van der Waals surface area contributed by atoms with Crippen molar-refractivity contribution in [1.82, 2.24) is 34.6 Å². The average molecular weight is 351 g/mol. The van der Waals surface area contributed by atoms with Crippen LogP contribution in [0.3, 0.4) is 0 Å².